The van der Waals surface area contributed by atoms with Crippen molar-refractivity contribution in [3.05, 3.63) is 0 Å². The Bertz CT molecular complexity index is 494. The van der Waals surface area contributed by atoms with Crippen molar-refractivity contribution in [3.8, 4) is 0 Å². The lowest BCUT2D eigenvalue weighted by Gasteiger charge is -2.55. The Morgan fingerprint density at radius 2 is 1.93 bits per heavy atom. The molecule has 0 radical (unpaired) electrons. The third-order valence-corrected chi connectivity index (χ3v) is 6.43. The Hall–Kier alpha value is -0.120. The van der Waals surface area contributed by atoms with Crippen molar-refractivity contribution >= 4 is 29.9 Å². The summed E-state index contributed by atoms with van der Waals surface area (Å²) in [6.45, 7) is 14.8. The number of nitrogens with one attached hydrogen (secondary N) is 2. The van der Waals surface area contributed by atoms with E-state index in [1.807, 2.05) is 7.05 Å². The van der Waals surface area contributed by atoms with Gasteiger partial charge in [0.1, 0.15) is 0 Å². The highest BCUT2D eigenvalue weighted by Gasteiger charge is 2.59. The lowest BCUT2D eigenvalue weighted by Crippen LogP contribution is -2.68. The predicted molar refractivity (Wildman–Crippen MR) is 121 cm³/mol. The first-order valence-electron chi connectivity index (χ1n) is 10.3. The minimum atomic E-state index is 0. The summed E-state index contributed by atoms with van der Waals surface area (Å²) in [5, 5.41) is 7.30. The third-order valence-electron chi connectivity index (χ3n) is 6.43. The molecule has 1 aliphatic carbocycles. The maximum absolute atomic E-state index is 5.92. The van der Waals surface area contributed by atoms with Crippen molar-refractivity contribution in [2.75, 3.05) is 46.5 Å². The number of nitrogens with zero attached hydrogens (tertiary/aromatic N) is 2. The second-order valence-corrected chi connectivity index (χ2v) is 9.07. The van der Waals surface area contributed by atoms with Gasteiger partial charge in [-0.25, -0.2) is 0 Å². The molecular weight excluding hydrogens is 455 g/mol. The largest absolute Gasteiger partial charge is 0.379 e. The Labute approximate surface area is 182 Å². The van der Waals surface area contributed by atoms with Crippen LogP contribution in [0.1, 0.15) is 40.5 Å². The monoisotopic (exact) mass is 494 g/mol. The zero-order chi connectivity index (χ0) is 18.7. The average Bonchev–Trinajstić information content (AvgIpc) is 3.08. The minimum Gasteiger partial charge on any atom is -0.379 e. The molecule has 2 aliphatic heterocycles. The first-order valence-corrected chi connectivity index (χ1v) is 10.3. The molecule has 4 atom stereocenters. The number of guanidine groups is 1. The lowest BCUT2D eigenvalue weighted by molar-refractivity contribution is -0.106. The van der Waals surface area contributed by atoms with Gasteiger partial charge >= 0.3 is 0 Å². The first kappa shape index (κ1) is 23.2. The fourth-order valence-electron chi connectivity index (χ4n) is 5.02. The molecule has 3 rings (SSSR count). The zero-order valence-electron chi connectivity index (χ0n) is 17.7. The van der Waals surface area contributed by atoms with Crippen LogP contribution in [0.25, 0.3) is 0 Å². The minimum absolute atomic E-state index is 0. The van der Waals surface area contributed by atoms with E-state index >= 15 is 0 Å². The molecule has 0 aromatic rings. The van der Waals surface area contributed by atoms with Gasteiger partial charge in [0.15, 0.2) is 5.96 Å². The molecule has 3 aliphatic rings. The number of hydrogen-bond donors (Lipinski definition) is 2. The molecule has 0 aromatic heterocycles. The molecule has 4 unspecified atom stereocenters. The summed E-state index contributed by atoms with van der Waals surface area (Å²) in [4.78, 5) is 7.06. The number of fused-ring (bicyclic) bond motifs is 1. The number of rotatable bonds is 6. The molecule has 2 N–H and O–H groups in total. The van der Waals surface area contributed by atoms with E-state index in [9.17, 15) is 0 Å². The quantitative estimate of drug-likeness (QED) is 0.337. The van der Waals surface area contributed by atoms with E-state index in [1.54, 1.807) is 0 Å². The molecule has 0 bridgehead atoms. The number of ether oxygens (including phenoxy) is 2. The Balaban J connectivity index is 0.00000261. The summed E-state index contributed by atoms with van der Waals surface area (Å²) < 4.78 is 11.4. The predicted octanol–water partition coefficient (Wildman–Crippen LogP) is 2.33. The van der Waals surface area contributed by atoms with Crippen molar-refractivity contribution in [2.45, 2.75) is 58.7 Å². The van der Waals surface area contributed by atoms with E-state index in [0.717, 1.165) is 51.8 Å². The number of hydrogen-bond acceptors (Lipinski definition) is 4. The molecular formula is C20H39IN4O2. The Morgan fingerprint density at radius 3 is 2.56 bits per heavy atom. The van der Waals surface area contributed by atoms with Crippen molar-refractivity contribution in [1.82, 2.24) is 15.5 Å². The number of halogens is 1. The molecule has 0 amide bonds. The molecule has 7 heteroatoms. The second kappa shape index (κ2) is 10.1. The van der Waals surface area contributed by atoms with E-state index in [0.29, 0.717) is 30.0 Å². The van der Waals surface area contributed by atoms with Crippen LogP contribution in [0.5, 0.6) is 0 Å². The van der Waals surface area contributed by atoms with Gasteiger partial charge < -0.3 is 20.1 Å². The molecule has 158 valence electrons. The van der Waals surface area contributed by atoms with Crippen LogP contribution < -0.4 is 10.6 Å². The fraction of sp³-hybridized carbons (Fsp3) is 0.950. The van der Waals surface area contributed by atoms with Gasteiger partial charge in [-0.2, -0.15) is 0 Å². The van der Waals surface area contributed by atoms with E-state index in [4.69, 9.17) is 9.47 Å². The summed E-state index contributed by atoms with van der Waals surface area (Å²) in [5.74, 6) is 2.23. The summed E-state index contributed by atoms with van der Waals surface area (Å²) >= 11 is 0. The average molecular weight is 494 g/mol. The summed E-state index contributed by atoms with van der Waals surface area (Å²) in [6.07, 6.45) is 2.75. The van der Waals surface area contributed by atoms with Crippen LogP contribution >= 0.6 is 24.0 Å². The van der Waals surface area contributed by atoms with Crippen molar-refractivity contribution in [2.24, 2.45) is 22.2 Å². The van der Waals surface area contributed by atoms with E-state index < -0.39 is 0 Å². The Morgan fingerprint density at radius 1 is 1.22 bits per heavy atom. The van der Waals surface area contributed by atoms with Crippen LogP contribution in [0.4, 0.5) is 0 Å². The standard InChI is InChI=1S/C20H38N4O2.HI/c1-14(2)12-15(24-7-10-25-11-8-24)13-22-19(21-5)23-17-16-6-9-26-18(16)20(17,3)4;/h14-18H,6-13H2,1-5H3,(H2,21,22,23);1H. The summed E-state index contributed by atoms with van der Waals surface area (Å²) in [6, 6.07) is 0.961. The van der Waals surface area contributed by atoms with Gasteiger partial charge in [-0.1, -0.05) is 27.7 Å². The first-order chi connectivity index (χ1) is 12.4. The summed E-state index contributed by atoms with van der Waals surface area (Å²) in [5.41, 5.74) is 0.167. The molecule has 3 fully saturated rings. The van der Waals surface area contributed by atoms with Crippen molar-refractivity contribution in [1.29, 1.82) is 0 Å². The maximum atomic E-state index is 5.92. The van der Waals surface area contributed by atoms with E-state index in [1.165, 1.54) is 6.42 Å². The van der Waals surface area contributed by atoms with Gasteiger partial charge in [0.25, 0.3) is 0 Å². The lowest BCUT2D eigenvalue weighted by atomic mass is 9.57. The van der Waals surface area contributed by atoms with Gasteiger partial charge in [0.2, 0.25) is 0 Å². The van der Waals surface area contributed by atoms with E-state index in [-0.39, 0.29) is 29.4 Å². The molecule has 6 nitrogen and oxygen atoms in total. The van der Waals surface area contributed by atoms with E-state index in [2.05, 4.69) is 48.2 Å². The molecule has 27 heavy (non-hydrogen) atoms. The molecule has 2 heterocycles. The maximum Gasteiger partial charge on any atom is 0.191 e. The molecule has 0 spiro atoms. The van der Waals surface area contributed by atoms with Gasteiger partial charge in [-0.05, 0) is 18.8 Å². The second-order valence-electron chi connectivity index (χ2n) is 9.07. The molecule has 2 saturated heterocycles. The molecule has 1 saturated carbocycles. The van der Waals surface area contributed by atoms with Crippen LogP contribution in [0, 0.1) is 17.3 Å². The normalized spacial score (nSPS) is 31.6. The van der Waals surface area contributed by atoms with Crippen LogP contribution in [-0.2, 0) is 9.47 Å². The van der Waals surface area contributed by atoms with Crippen molar-refractivity contribution in [3.63, 3.8) is 0 Å². The van der Waals surface area contributed by atoms with Gasteiger partial charge in [-0.15, -0.1) is 24.0 Å². The highest BCUT2D eigenvalue weighted by Crippen LogP contribution is 2.52. The highest BCUT2D eigenvalue weighted by molar-refractivity contribution is 14.0. The number of aliphatic imine (C=N–C) groups is 1. The van der Waals surface area contributed by atoms with Gasteiger partial charge in [0, 0.05) is 56.7 Å². The Kier molecular flexibility index (Phi) is 8.64. The van der Waals surface area contributed by atoms with Crippen LogP contribution in [-0.4, -0.2) is 75.5 Å². The zero-order valence-corrected chi connectivity index (χ0v) is 20.0. The third kappa shape index (κ3) is 5.28. The van der Waals surface area contributed by atoms with Crippen LogP contribution in [0.3, 0.4) is 0 Å². The van der Waals surface area contributed by atoms with Crippen LogP contribution in [0.2, 0.25) is 0 Å². The van der Waals surface area contributed by atoms with Gasteiger partial charge in [0.05, 0.1) is 19.3 Å². The van der Waals surface area contributed by atoms with Crippen molar-refractivity contribution < 1.29 is 9.47 Å². The smallest absolute Gasteiger partial charge is 0.191 e. The molecule has 0 aromatic carbocycles. The fourth-order valence-corrected chi connectivity index (χ4v) is 5.02. The highest BCUT2D eigenvalue weighted by atomic mass is 127. The SMILES string of the molecule is CN=C(NCC(CC(C)C)N1CCOCC1)NC1C2CCOC2C1(C)C.I. The summed E-state index contributed by atoms with van der Waals surface area (Å²) in [7, 11) is 1.87. The van der Waals surface area contributed by atoms with Gasteiger partial charge in [-0.3, -0.25) is 9.89 Å². The topological polar surface area (TPSA) is 58.1 Å². The van der Waals surface area contributed by atoms with Crippen LogP contribution in [0.15, 0.2) is 4.99 Å². The number of morpholine rings is 1.